The van der Waals surface area contributed by atoms with Crippen molar-refractivity contribution in [3.63, 3.8) is 0 Å². The van der Waals surface area contributed by atoms with Gasteiger partial charge in [0.2, 0.25) is 10.0 Å². The third kappa shape index (κ3) is 3.89. The Hall–Kier alpha value is -0.880. The predicted octanol–water partition coefficient (Wildman–Crippen LogP) is 0.212. The molecule has 14 heavy (non-hydrogen) atoms. The molecule has 0 fully saturated rings. The van der Waals surface area contributed by atoms with Gasteiger partial charge in [0, 0.05) is 25.5 Å². The second-order valence-electron chi connectivity index (χ2n) is 2.95. The summed E-state index contributed by atoms with van der Waals surface area (Å²) < 4.78 is 26.5. The number of imidazole rings is 1. The fourth-order valence-electron chi connectivity index (χ4n) is 1.01. The van der Waals surface area contributed by atoms with Gasteiger partial charge in [0.15, 0.2) is 0 Å². The molecule has 0 radical (unpaired) electrons. The maximum Gasteiger partial charge on any atom is 0.211 e. The third-order valence-electron chi connectivity index (χ3n) is 1.85. The number of sulfonamides is 1. The SMILES string of the molecule is CCS(=O)(=O)NCCCn1ccnc1. The predicted molar refractivity (Wildman–Crippen MR) is 54.3 cm³/mol. The smallest absolute Gasteiger partial charge is 0.211 e. The minimum atomic E-state index is -3.04. The molecule has 0 aliphatic carbocycles. The van der Waals surface area contributed by atoms with Gasteiger partial charge in [-0.1, -0.05) is 0 Å². The molecule has 5 nitrogen and oxygen atoms in total. The van der Waals surface area contributed by atoms with E-state index >= 15 is 0 Å². The molecular weight excluding hydrogens is 202 g/mol. The quantitative estimate of drug-likeness (QED) is 0.693. The molecule has 1 rings (SSSR count). The summed E-state index contributed by atoms with van der Waals surface area (Å²) in [4.78, 5) is 3.89. The first kappa shape index (κ1) is 11.2. The Morgan fingerprint density at radius 2 is 2.29 bits per heavy atom. The maximum absolute atomic E-state index is 11.0. The van der Waals surface area contributed by atoms with Crippen molar-refractivity contribution < 1.29 is 8.42 Å². The number of aromatic nitrogens is 2. The third-order valence-corrected chi connectivity index (χ3v) is 3.26. The van der Waals surface area contributed by atoms with Gasteiger partial charge in [-0.25, -0.2) is 18.1 Å². The summed E-state index contributed by atoms with van der Waals surface area (Å²) in [6.07, 6.45) is 6.05. The van der Waals surface area contributed by atoms with E-state index in [0.717, 1.165) is 13.0 Å². The topological polar surface area (TPSA) is 64.0 Å². The van der Waals surface area contributed by atoms with Crippen molar-refractivity contribution in [2.45, 2.75) is 19.9 Å². The highest BCUT2D eigenvalue weighted by molar-refractivity contribution is 7.89. The summed E-state index contributed by atoms with van der Waals surface area (Å²) in [6.45, 7) is 2.89. The molecule has 0 aliphatic heterocycles. The fraction of sp³-hybridized carbons (Fsp3) is 0.625. The number of hydrogen-bond donors (Lipinski definition) is 1. The van der Waals surface area contributed by atoms with E-state index in [2.05, 4.69) is 9.71 Å². The van der Waals surface area contributed by atoms with Gasteiger partial charge >= 0.3 is 0 Å². The van der Waals surface area contributed by atoms with Crippen LogP contribution in [0.15, 0.2) is 18.7 Å². The normalized spacial score (nSPS) is 11.8. The molecule has 0 spiro atoms. The highest BCUT2D eigenvalue weighted by atomic mass is 32.2. The minimum absolute atomic E-state index is 0.137. The zero-order chi connectivity index (χ0) is 10.4. The molecule has 0 atom stereocenters. The van der Waals surface area contributed by atoms with Gasteiger partial charge in [-0.05, 0) is 13.3 Å². The lowest BCUT2D eigenvalue weighted by molar-refractivity contribution is 0.571. The van der Waals surface area contributed by atoms with Crippen LogP contribution in [0.25, 0.3) is 0 Å². The first-order valence-corrected chi connectivity index (χ1v) is 6.22. The number of aryl methyl sites for hydroxylation is 1. The van der Waals surface area contributed by atoms with Crippen LogP contribution >= 0.6 is 0 Å². The van der Waals surface area contributed by atoms with Crippen molar-refractivity contribution in [3.8, 4) is 0 Å². The van der Waals surface area contributed by atoms with Crippen LogP contribution in [0.3, 0.4) is 0 Å². The Morgan fingerprint density at radius 3 is 2.86 bits per heavy atom. The van der Waals surface area contributed by atoms with Crippen molar-refractivity contribution >= 4 is 10.0 Å². The first-order chi connectivity index (χ1) is 6.64. The van der Waals surface area contributed by atoms with Gasteiger partial charge in [-0.2, -0.15) is 0 Å². The van der Waals surface area contributed by atoms with E-state index in [1.165, 1.54) is 0 Å². The van der Waals surface area contributed by atoms with Gasteiger partial charge in [0.05, 0.1) is 12.1 Å². The average molecular weight is 217 g/mol. The highest BCUT2D eigenvalue weighted by Gasteiger charge is 2.03. The van der Waals surface area contributed by atoms with E-state index in [4.69, 9.17) is 0 Å². The van der Waals surface area contributed by atoms with Crippen LogP contribution < -0.4 is 4.72 Å². The van der Waals surface area contributed by atoms with E-state index in [0.29, 0.717) is 6.54 Å². The van der Waals surface area contributed by atoms with E-state index < -0.39 is 10.0 Å². The lowest BCUT2D eigenvalue weighted by Gasteiger charge is -2.04. The lowest BCUT2D eigenvalue weighted by Crippen LogP contribution is -2.26. The lowest BCUT2D eigenvalue weighted by atomic mass is 10.4. The molecule has 0 amide bonds. The monoisotopic (exact) mass is 217 g/mol. The molecule has 0 aromatic carbocycles. The van der Waals surface area contributed by atoms with Crippen molar-refractivity contribution in [2.75, 3.05) is 12.3 Å². The Balaban J connectivity index is 2.17. The van der Waals surface area contributed by atoms with Gasteiger partial charge in [0.25, 0.3) is 0 Å². The summed E-state index contributed by atoms with van der Waals surface area (Å²) in [6, 6.07) is 0. The minimum Gasteiger partial charge on any atom is -0.337 e. The van der Waals surface area contributed by atoms with Crippen LogP contribution in [-0.4, -0.2) is 30.3 Å². The molecule has 6 heteroatoms. The van der Waals surface area contributed by atoms with E-state index in [-0.39, 0.29) is 5.75 Å². The second-order valence-corrected chi connectivity index (χ2v) is 5.05. The first-order valence-electron chi connectivity index (χ1n) is 4.57. The van der Waals surface area contributed by atoms with E-state index in [9.17, 15) is 8.42 Å². The summed E-state index contributed by atoms with van der Waals surface area (Å²) >= 11 is 0. The molecule has 80 valence electrons. The van der Waals surface area contributed by atoms with Crippen LogP contribution in [0.4, 0.5) is 0 Å². The average Bonchev–Trinajstić information content (AvgIpc) is 2.65. The van der Waals surface area contributed by atoms with Gasteiger partial charge in [-0.3, -0.25) is 0 Å². The van der Waals surface area contributed by atoms with E-state index in [1.54, 1.807) is 19.4 Å². The fourth-order valence-corrected chi connectivity index (χ4v) is 1.67. The Labute approximate surface area is 84.2 Å². The molecule has 1 aromatic heterocycles. The molecule has 0 saturated heterocycles. The number of nitrogens with one attached hydrogen (secondary N) is 1. The number of hydrogen-bond acceptors (Lipinski definition) is 3. The molecule has 0 unspecified atom stereocenters. The van der Waals surface area contributed by atoms with Gasteiger partial charge < -0.3 is 4.57 Å². The summed E-state index contributed by atoms with van der Waals surface area (Å²) in [5.74, 6) is 0.137. The summed E-state index contributed by atoms with van der Waals surface area (Å²) in [5.41, 5.74) is 0. The van der Waals surface area contributed by atoms with Gasteiger partial charge in [-0.15, -0.1) is 0 Å². The summed E-state index contributed by atoms with van der Waals surface area (Å²) in [7, 11) is -3.04. The molecule has 1 aromatic rings. The molecule has 1 N–H and O–H groups in total. The zero-order valence-corrected chi connectivity index (χ0v) is 9.00. The van der Waals surface area contributed by atoms with Crippen LogP contribution in [0.5, 0.6) is 0 Å². The van der Waals surface area contributed by atoms with Gasteiger partial charge in [0.1, 0.15) is 0 Å². The number of nitrogens with zero attached hydrogens (tertiary/aromatic N) is 2. The summed E-state index contributed by atoms with van der Waals surface area (Å²) in [5, 5.41) is 0. The molecule has 0 bridgehead atoms. The van der Waals surface area contributed by atoms with Crippen molar-refractivity contribution in [2.24, 2.45) is 0 Å². The molecule has 1 heterocycles. The Kier molecular flexibility index (Phi) is 4.09. The Bertz CT molecular complexity index is 345. The maximum atomic E-state index is 11.0. The van der Waals surface area contributed by atoms with Crippen LogP contribution in [0, 0.1) is 0 Å². The zero-order valence-electron chi connectivity index (χ0n) is 8.18. The Morgan fingerprint density at radius 1 is 1.50 bits per heavy atom. The highest BCUT2D eigenvalue weighted by Crippen LogP contribution is 1.90. The second kappa shape index (κ2) is 5.11. The molecule has 0 aliphatic rings. The van der Waals surface area contributed by atoms with Crippen molar-refractivity contribution in [3.05, 3.63) is 18.7 Å². The van der Waals surface area contributed by atoms with Crippen molar-refractivity contribution in [1.82, 2.24) is 14.3 Å². The van der Waals surface area contributed by atoms with Crippen LogP contribution in [0.2, 0.25) is 0 Å². The molecular formula is C8H15N3O2S. The largest absolute Gasteiger partial charge is 0.337 e. The van der Waals surface area contributed by atoms with Crippen LogP contribution in [0.1, 0.15) is 13.3 Å². The number of rotatable bonds is 6. The van der Waals surface area contributed by atoms with Crippen molar-refractivity contribution in [1.29, 1.82) is 0 Å². The molecule has 0 saturated carbocycles. The standard InChI is InChI=1S/C8H15N3O2S/c1-2-14(12,13)10-4-3-6-11-7-5-9-8-11/h5,7-8,10H,2-4,6H2,1H3. The van der Waals surface area contributed by atoms with E-state index in [1.807, 2.05) is 10.8 Å². The van der Waals surface area contributed by atoms with Crippen LogP contribution in [-0.2, 0) is 16.6 Å².